The van der Waals surface area contributed by atoms with E-state index in [9.17, 15) is 0 Å². The molecule has 0 saturated carbocycles. The van der Waals surface area contributed by atoms with Crippen molar-refractivity contribution in [3.05, 3.63) is 34.0 Å². The molecular weight excluding hydrogens is 244 g/mol. The Morgan fingerprint density at radius 1 is 1.56 bits per heavy atom. The molecule has 3 heterocycles. The zero-order valence-corrected chi connectivity index (χ0v) is 11.6. The van der Waals surface area contributed by atoms with Crippen LogP contribution in [0.3, 0.4) is 0 Å². The van der Waals surface area contributed by atoms with Crippen LogP contribution in [0.25, 0.3) is 0 Å². The molecule has 1 aliphatic rings. The second-order valence-electron chi connectivity index (χ2n) is 5.17. The average molecular weight is 262 g/mol. The molecule has 2 aromatic rings. The van der Waals surface area contributed by atoms with Crippen molar-refractivity contribution >= 4 is 11.3 Å². The van der Waals surface area contributed by atoms with Crippen LogP contribution in [0.5, 0.6) is 0 Å². The lowest BCUT2D eigenvalue weighted by molar-refractivity contribution is 0.468. The van der Waals surface area contributed by atoms with Crippen molar-refractivity contribution in [2.75, 3.05) is 6.54 Å². The standard InChI is InChI=1S/C13H18N4S/c1-9(2)7-17-8-15-16-13(17)12-10-4-6-18-11(10)3-5-14-12/h4,6,8-9,12,14H,3,5,7H2,1-2H3. The predicted octanol–water partition coefficient (Wildman–Crippen LogP) is 2.23. The van der Waals surface area contributed by atoms with E-state index in [-0.39, 0.29) is 6.04 Å². The van der Waals surface area contributed by atoms with Gasteiger partial charge in [-0.2, -0.15) is 0 Å². The van der Waals surface area contributed by atoms with Crippen molar-refractivity contribution in [2.45, 2.75) is 32.9 Å². The van der Waals surface area contributed by atoms with E-state index in [0.29, 0.717) is 5.92 Å². The summed E-state index contributed by atoms with van der Waals surface area (Å²) in [5, 5.41) is 14.1. The quantitative estimate of drug-likeness (QED) is 0.922. The second-order valence-corrected chi connectivity index (χ2v) is 6.17. The van der Waals surface area contributed by atoms with Gasteiger partial charge in [0.05, 0.1) is 6.04 Å². The number of aromatic nitrogens is 3. The lowest BCUT2D eigenvalue weighted by Gasteiger charge is -2.24. The minimum absolute atomic E-state index is 0.209. The molecule has 96 valence electrons. The highest BCUT2D eigenvalue weighted by Gasteiger charge is 2.26. The molecule has 1 unspecified atom stereocenters. The lowest BCUT2D eigenvalue weighted by Crippen LogP contribution is -2.31. The van der Waals surface area contributed by atoms with Gasteiger partial charge in [0.1, 0.15) is 6.33 Å². The normalized spacial score (nSPS) is 19.2. The largest absolute Gasteiger partial charge is 0.316 e. The molecule has 0 aliphatic carbocycles. The minimum atomic E-state index is 0.209. The van der Waals surface area contributed by atoms with Gasteiger partial charge in [0.25, 0.3) is 0 Å². The first-order chi connectivity index (χ1) is 8.75. The molecule has 18 heavy (non-hydrogen) atoms. The Kier molecular flexibility index (Phi) is 3.18. The zero-order chi connectivity index (χ0) is 12.5. The molecule has 3 rings (SSSR count). The molecule has 0 spiro atoms. The molecule has 0 aromatic carbocycles. The molecule has 0 bridgehead atoms. The molecule has 1 aliphatic heterocycles. The summed E-state index contributed by atoms with van der Waals surface area (Å²) in [6.45, 7) is 6.43. The fourth-order valence-corrected chi connectivity index (χ4v) is 3.42. The highest BCUT2D eigenvalue weighted by atomic mass is 32.1. The van der Waals surface area contributed by atoms with Crippen LogP contribution < -0.4 is 5.32 Å². The maximum atomic E-state index is 4.33. The fraction of sp³-hybridized carbons (Fsp3) is 0.538. The number of fused-ring (bicyclic) bond motifs is 1. The van der Waals surface area contributed by atoms with Crippen LogP contribution in [0.15, 0.2) is 17.8 Å². The number of nitrogens with one attached hydrogen (secondary N) is 1. The summed E-state index contributed by atoms with van der Waals surface area (Å²) < 4.78 is 2.18. The number of hydrogen-bond acceptors (Lipinski definition) is 4. The number of hydrogen-bond donors (Lipinski definition) is 1. The summed E-state index contributed by atoms with van der Waals surface area (Å²) in [5.41, 5.74) is 1.38. The summed E-state index contributed by atoms with van der Waals surface area (Å²) in [6.07, 6.45) is 2.97. The second kappa shape index (κ2) is 4.82. The van der Waals surface area contributed by atoms with E-state index < -0.39 is 0 Å². The molecule has 0 amide bonds. The highest BCUT2D eigenvalue weighted by Crippen LogP contribution is 2.31. The first kappa shape index (κ1) is 11.9. The molecule has 0 radical (unpaired) electrons. The van der Waals surface area contributed by atoms with Gasteiger partial charge in [-0.25, -0.2) is 0 Å². The van der Waals surface area contributed by atoms with Crippen LogP contribution in [-0.2, 0) is 13.0 Å². The molecule has 2 aromatic heterocycles. The Hall–Kier alpha value is -1.20. The number of nitrogens with zero attached hydrogens (tertiary/aromatic N) is 3. The Bertz CT molecular complexity index is 529. The summed E-state index contributed by atoms with van der Waals surface area (Å²) >= 11 is 1.85. The first-order valence-electron chi connectivity index (χ1n) is 6.43. The lowest BCUT2D eigenvalue weighted by atomic mass is 10.0. The van der Waals surface area contributed by atoms with Crippen molar-refractivity contribution in [3.8, 4) is 0 Å². The molecular formula is C13H18N4S. The summed E-state index contributed by atoms with van der Waals surface area (Å²) in [7, 11) is 0. The summed E-state index contributed by atoms with van der Waals surface area (Å²) in [5.74, 6) is 1.65. The van der Waals surface area contributed by atoms with Gasteiger partial charge in [0.2, 0.25) is 0 Å². The van der Waals surface area contributed by atoms with E-state index in [1.54, 1.807) is 0 Å². The van der Waals surface area contributed by atoms with Crippen molar-refractivity contribution in [1.82, 2.24) is 20.1 Å². The van der Waals surface area contributed by atoms with Crippen LogP contribution in [0.4, 0.5) is 0 Å². The highest BCUT2D eigenvalue weighted by molar-refractivity contribution is 7.10. The zero-order valence-electron chi connectivity index (χ0n) is 10.8. The molecule has 0 fully saturated rings. The monoisotopic (exact) mass is 262 g/mol. The van der Waals surface area contributed by atoms with E-state index in [1.807, 2.05) is 17.7 Å². The molecule has 1 N–H and O–H groups in total. The number of rotatable bonds is 3. The van der Waals surface area contributed by atoms with Crippen LogP contribution in [0, 0.1) is 5.92 Å². The molecule has 5 heteroatoms. The Morgan fingerprint density at radius 3 is 3.28 bits per heavy atom. The average Bonchev–Trinajstić information content (AvgIpc) is 2.95. The van der Waals surface area contributed by atoms with Crippen molar-refractivity contribution < 1.29 is 0 Å². The molecule has 1 atom stereocenters. The first-order valence-corrected chi connectivity index (χ1v) is 7.31. The Balaban J connectivity index is 1.95. The van der Waals surface area contributed by atoms with E-state index in [4.69, 9.17) is 0 Å². The minimum Gasteiger partial charge on any atom is -0.316 e. The molecule has 0 saturated heterocycles. The third-order valence-corrected chi connectivity index (χ3v) is 4.25. The third-order valence-electron chi connectivity index (χ3n) is 3.26. The van der Waals surface area contributed by atoms with Crippen molar-refractivity contribution in [2.24, 2.45) is 5.92 Å². The van der Waals surface area contributed by atoms with Crippen LogP contribution in [-0.4, -0.2) is 21.3 Å². The summed E-state index contributed by atoms with van der Waals surface area (Å²) in [6, 6.07) is 2.42. The van der Waals surface area contributed by atoms with E-state index >= 15 is 0 Å². The van der Waals surface area contributed by atoms with Gasteiger partial charge in [-0.15, -0.1) is 21.5 Å². The smallest absolute Gasteiger partial charge is 0.154 e. The fourth-order valence-electron chi connectivity index (χ4n) is 2.50. The van der Waals surface area contributed by atoms with Crippen molar-refractivity contribution in [3.63, 3.8) is 0 Å². The third kappa shape index (κ3) is 2.08. The maximum Gasteiger partial charge on any atom is 0.154 e. The van der Waals surface area contributed by atoms with E-state index in [1.165, 1.54) is 10.4 Å². The van der Waals surface area contributed by atoms with Gasteiger partial charge in [0.15, 0.2) is 5.82 Å². The van der Waals surface area contributed by atoms with Gasteiger partial charge in [-0.05, 0) is 29.3 Å². The molecule has 4 nitrogen and oxygen atoms in total. The van der Waals surface area contributed by atoms with Gasteiger partial charge in [-0.1, -0.05) is 13.8 Å². The van der Waals surface area contributed by atoms with Gasteiger partial charge in [-0.3, -0.25) is 0 Å². The number of thiophene rings is 1. The predicted molar refractivity (Wildman–Crippen MR) is 72.7 cm³/mol. The van der Waals surface area contributed by atoms with Crippen molar-refractivity contribution in [1.29, 1.82) is 0 Å². The van der Waals surface area contributed by atoms with Gasteiger partial charge >= 0.3 is 0 Å². The SMILES string of the molecule is CC(C)Cn1cnnc1C1NCCc2sccc21. The van der Waals surface area contributed by atoms with Crippen LogP contribution >= 0.6 is 11.3 Å². The van der Waals surface area contributed by atoms with Crippen LogP contribution in [0.2, 0.25) is 0 Å². The van der Waals surface area contributed by atoms with E-state index in [2.05, 4.69) is 45.4 Å². The Labute approximate surface area is 111 Å². The van der Waals surface area contributed by atoms with Gasteiger partial charge < -0.3 is 9.88 Å². The van der Waals surface area contributed by atoms with E-state index in [0.717, 1.165) is 25.3 Å². The summed E-state index contributed by atoms with van der Waals surface area (Å²) in [4.78, 5) is 1.48. The van der Waals surface area contributed by atoms with Gasteiger partial charge in [0, 0.05) is 18.0 Å². The maximum absolute atomic E-state index is 4.33. The Morgan fingerprint density at radius 2 is 2.44 bits per heavy atom. The van der Waals surface area contributed by atoms with Crippen LogP contribution in [0.1, 0.15) is 36.2 Å². The topological polar surface area (TPSA) is 42.7 Å².